The Morgan fingerprint density at radius 1 is 1.42 bits per heavy atom. The monoisotopic (exact) mass is 264 g/mol. The molecule has 0 amide bonds. The molecule has 1 heterocycles. The first-order valence-electron chi connectivity index (χ1n) is 6.57. The highest BCUT2D eigenvalue weighted by Crippen LogP contribution is 2.34. The first kappa shape index (κ1) is 13.8. The summed E-state index contributed by atoms with van der Waals surface area (Å²) in [4.78, 5) is 15.6. The first-order valence-corrected chi connectivity index (χ1v) is 6.57. The maximum Gasteiger partial charge on any atom is 0.307 e. The molecule has 1 aromatic heterocycles. The molecule has 0 radical (unpaired) electrons. The minimum atomic E-state index is -0.801. The zero-order chi connectivity index (χ0) is 14.0. The fourth-order valence-corrected chi connectivity index (χ4v) is 2.32. The molecule has 5 heteroatoms. The van der Waals surface area contributed by atoms with Gasteiger partial charge in [0.15, 0.2) is 5.82 Å². The van der Waals surface area contributed by atoms with Gasteiger partial charge >= 0.3 is 5.97 Å². The van der Waals surface area contributed by atoms with Crippen molar-refractivity contribution in [2.45, 2.75) is 46.0 Å². The van der Waals surface area contributed by atoms with Crippen LogP contribution in [-0.4, -0.2) is 21.2 Å². The van der Waals surface area contributed by atoms with Crippen LogP contribution in [0.1, 0.15) is 51.2 Å². The highest BCUT2D eigenvalue weighted by Gasteiger charge is 2.34. The summed E-state index contributed by atoms with van der Waals surface area (Å²) in [6.45, 7) is 6.31. The minimum Gasteiger partial charge on any atom is -0.481 e. The van der Waals surface area contributed by atoms with Crippen molar-refractivity contribution < 1.29 is 14.4 Å². The van der Waals surface area contributed by atoms with E-state index in [1.807, 2.05) is 12.2 Å². The number of rotatable bonds is 3. The van der Waals surface area contributed by atoms with Crippen molar-refractivity contribution >= 4 is 5.97 Å². The largest absolute Gasteiger partial charge is 0.481 e. The molecule has 2 rings (SSSR count). The molecule has 1 aliphatic rings. The van der Waals surface area contributed by atoms with Crippen molar-refractivity contribution in [2.75, 3.05) is 0 Å². The highest BCUT2D eigenvalue weighted by molar-refractivity contribution is 5.71. The molecule has 0 bridgehead atoms. The van der Waals surface area contributed by atoms with Crippen molar-refractivity contribution in [1.82, 2.24) is 10.1 Å². The summed E-state index contributed by atoms with van der Waals surface area (Å²) in [6.07, 6.45) is 5.78. The van der Waals surface area contributed by atoms with E-state index in [1.165, 1.54) is 0 Å². The van der Waals surface area contributed by atoms with Gasteiger partial charge in [-0.3, -0.25) is 4.79 Å². The molecule has 104 valence electrons. The van der Waals surface area contributed by atoms with Crippen molar-refractivity contribution in [1.29, 1.82) is 0 Å². The van der Waals surface area contributed by atoms with E-state index in [9.17, 15) is 9.90 Å². The Hall–Kier alpha value is -1.65. The van der Waals surface area contributed by atoms with Gasteiger partial charge < -0.3 is 9.63 Å². The smallest absolute Gasteiger partial charge is 0.307 e. The third-order valence-corrected chi connectivity index (χ3v) is 3.24. The lowest BCUT2D eigenvalue weighted by Crippen LogP contribution is -2.23. The summed E-state index contributed by atoms with van der Waals surface area (Å²) in [7, 11) is 0. The first-order chi connectivity index (χ1) is 8.87. The van der Waals surface area contributed by atoms with Gasteiger partial charge in [-0.05, 0) is 18.3 Å². The third-order valence-electron chi connectivity index (χ3n) is 3.24. The van der Waals surface area contributed by atoms with Gasteiger partial charge in [0.05, 0.1) is 11.8 Å². The lowest BCUT2D eigenvalue weighted by Gasteiger charge is -2.21. The topological polar surface area (TPSA) is 76.2 Å². The zero-order valence-corrected chi connectivity index (χ0v) is 11.6. The molecular formula is C14H20N2O3. The van der Waals surface area contributed by atoms with Crippen molar-refractivity contribution in [3.63, 3.8) is 0 Å². The van der Waals surface area contributed by atoms with E-state index in [0.29, 0.717) is 24.6 Å². The van der Waals surface area contributed by atoms with Gasteiger partial charge in [-0.15, -0.1) is 0 Å². The number of allylic oxidation sites excluding steroid dienone is 2. The van der Waals surface area contributed by atoms with Crippen LogP contribution in [0.4, 0.5) is 0 Å². The number of hydrogen-bond donors (Lipinski definition) is 1. The maximum atomic E-state index is 11.2. The molecule has 0 saturated carbocycles. The van der Waals surface area contributed by atoms with E-state index in [0.717, 1.165) is 6.42 Å². The van der Waals surface area contributed by atoms with Crippen LogP contribution in [0, 0.1) is 11.3 Å². The van der Waals surface area contributed by atoms with Gasteiger partial charge in [-0.1, -0.05) is 38.1 Å². The fraction of sp³-hybridized carbons (Fsp3) is 0.643. The molecule has 19 heavy (non-hydrogen) atoms. The summed E-state index contributed by atoms with van der Waals surface area (Å²) in [5.74, 6) is -0.362. The Kier molecular flexibility index (Phi) is 3.73. The van der Waals surface area contributed by atoms with Crippen molar-refractivity contribution in [2.24, 2.45) is 11.3 Å². The van der Waals surface area contributed by atoms with Crippen molar-refractivity contribution in [3.05, 3.63) is 23.9 Å². The molecule has 0 spiro atoms. The summed E-state index contributed by atoms with van der Waals surface area (Å²) in [5, 5.41) is 13.2. The van der Waals surface area contributed by atoms with Crippen LogP contribution in [0.2, 0.25) is 0 Å². The highest BCUT2D eigenvalue weighted by atomic mass is 16.5. The minimum absolute atomic E-state index is 0.0831. The quantitative estimate of drug-likeness (QED) is 0.849. The fourth-order valence-electron chi connectivity index (χ4n) is 2.32. The van der Waals surface area contributed by atoms with Crippen LogP contribution in [0.25, 0.3) is 0 Å². The summed E-state index contributed by atoms with van der Waals surface area (Å²) in [6, 6.07) is 0. The molecule has 2 unspecified atom stereocenters. The predicted octanol–water partition coefficient (Wildman–Crippen LogP) is 2.79. The number of nitrogens with zero attached hydrogens (tertiary/aromatic N) is 2. The average Bonchev–Trinajstić information content (AvgIpc) is 2.75. The molecule has 1 aromatic rings. The summed E-state index contributed by atoms with van der Waals surface area (Å²) >= 11 is 0. The molecule has 5 nitrogen and oxygen atoms in total. The molecule has 1 N–H and O–H groups in total. The second kappa shape index (κ2) is 5.15. The SMILES string of the molecule is CC(C)(C)Cc1noc(C2CC=CCC2C(=O)O)n1. The van der Waals surface area contributed by atoms with E-state index in [2.05, 4.69) is 30.9 Å². The normalized spacial score (nSPS) is 23.5. The second-order valence-corrected chi connectivity index (χ2v) is 6.28. The van der Waals surface area contributed by atoms with E-state index < -0.39 is 11.9 Å². The lowest BCUT2D eigenvalue weighted by molar-refractivity contribution is -0.142. The number of carboxylic acids is 1. The average molecular weight is 264 g/mol. The van der Waals surface area contributed by atoms with Crippen LogP contribution in [-0.2, 0) is 11.2 Å². The standard InChI is InChI=1S/C14H20N2O3/c1-14(2,3)8-11-15-12(19-16-11)9-6-4-5-7-10(9)13(17)18/h4-5,9-10H,6-8H2,1-3H3,(H,17,18). The maximum absolute atomic E-state index is 11.2. The Labute approximate surface area is 112 Å². The van der Waals surface area contributed by atoms with E-state index in [1.54, 1.807) is 0 Å². The van der Waals surface area contributed by atoms with Crippen LogP contribution in [0.5, 0.6) is 0 Å². The van der Waals surface area contributed by atoms with Gasteiger partial charge in [0.2, 0.25) is 5.89 Å². The summed E-state index contributed by atoms with van der Waals surface area (Å²) < 4.78 is 5.27. The number of hydrogen-bond acceptors (Lipinski definition) is 4. The third kappa shape index (κ3) is 3.43. The van der Waals surface area contributed by atoms with Gasteiger partial charge in [-0.25, -0.2) is 0 Å². The van der Waals surface area contributed by atoms with E-state index in [-0.39, 0.29) is 11.3 Å². The number of aliphatic carboxylic acids is 1. The molecule has 2 atom stereocenters. The Morgan fingerprint density at radius 3 is 2.74 bits per heavy atom. The van der Waals surface area contributed by atoms with E-state index >= 15 is 0 Å². The van der Waals surface area contributed by atoms with Crippen molar-refractivity contribution in [3.8, 4) is 0 Å². The molecule has 0 saturated heterocycles. The number of carboxylic acid groups (broad SMARTS) is 1. The Morgan fingerprint density at radius 2 is 2.11 bits per heavy atom. The van der Waals surface area contributed by atoms with Crippen LogP contribution in [0.3, 0.4) is 0 Å². The second-order valence-electron chi connectivity index (χ2n) is 6.28. The Bertz CT molecular complexity index is 485. The van der Waals surface area contributed by atoms with Gasteiger partial charge in [-0.2, -0.15) is 4.98 Å². The lowest BCUT2D eigenvalue weighted by atomic mass is 9.83. The number of carbonyl (C=O) groups is 1. The van der Waals surface area contributed by atoms with Gasteiger partial charge in [0.1, 0.15) is 0 Å². The van der Waals surface area contributed by atoms with Crippen LogP contribution in [0.15, 0.2) is 16.7 Å². The van der Waals surface area contributed by atoms with E-state index in [4.69, 9.17) is 4.52 Å². The number of aromatic nitrogens is 2. The zero-order valence-electron chi connectivity index (χ0n) is 11.6. The molecule has 1 aliphatic carbocycles. The van der Waals surface area contributed by atoms with Crippen LogP contribution < -0.4 is 0 Å². The molecule has 0 aromatic carbocycles. The molecule has 0 aliphatic heterocycles. The predicted molar refractivity (Wildman–Crippen MR) is 69.7 cm³/mol. The van der Waals surface area contributed by atoms with Gasteiger partial charge in [0, 0.05) is 6.42 Å². The van der Waals surface area contributed by atoms with Crippen LogP contribution >= 0.6 is 0 Å². The molecule has 0 fully saturated rings. The Balaban J connectivity index is 2.17. The molecular weight excluding hydrogens is 244 g/mol. The van der Waals surface area contributed by atoms with Gasteiger partial charge in [0.25, 0.3) is 0 Å². The summed E-state index contributed by atoms with van der Waals surface area (Å²) in [5.41, 5.74) is 0.0831.